The molecule has 0 unspecified atom stereocenters. The molecule has 200 valence electrons. The number of amides is 3. The van der Waals surface area contributed by atoms with Crippen LogP contribution in [0.3, 0.4) is 0 Å². The molecule has 0 aromatic rings. The highest BCUT2D eigenvalue weighted by molar-refractivity contribution is 5.88. The van der Waals surface area contributed by atoms with Gasteiger partial charge < -0.3 is 30.2 Å². The zero-order valence-corrected chi connectivity index (χ0v) is 22.2. The summed E-state index contributed by atoms with van der Waals surface area (Å²) in [5, 5.41) is 7.63. The van der Waals surface area contributed by atoms with Crippen LogP contribution in [0.5, 0.6) is 0 Å². The molecule has 0 fully saturated rings. The van der Waals surface area contributed by atoms with Gasteiger partial charge in [-0.1, -0.05) is 13.5 Å². The summed E-state index contributed by atoms with van der Waals surface area (Å²) >= 11 is 0. The smallest absolute Gasteiger partial charge is 0.408 e. The lowest BCUT2D eigenvalue weighted by Gasteiger charge is -2.26. The first-order valence-corrected chi connectivity index (χ1v) is 11.6. The van der Waals surface area contributed by atoms with Crippen LogP contribution in [0, 0.1) is 0 Å². The minimum absolute atomic E-state index is 0.0320. The standard InChI is InChI=1S/C24H41N3O8/c1-10-16(19(29)25-13-14-33-20(30)15(2)3)26-18(28)12-11-17(21(31)34-23(4,5)6)27-22(32)35-24(7,8)9/h16-17H,2,10-14H2,1,3-9H3,(H,25,29)(H,26,28)(H,27,32)/t16-,17+/m1/s1. The number of alkyl carbamates (subject to hydrolysis) is 1. The van der Waals surface area contributed by atoms with Crippen molar-refractivity contribution < 1.29 is 38.2 Å². The summed E-state index contributed by atoms with van der Waals surface area (Å²) in [6, 6.07) is -1.94. The molecule has 0 radical (unpaired) electrons. The van der Waals surface area contributed by atoms with E-state index in [-0.39, 0.29) is 31.6 Å². The van der Waals surface area contributed by atoms with Crippen LogP contribution in [-0.4, -0.2) is 66.3 Å². The molecule has 11 nitrogen and oxygen atoms in total. The van der Waals surface area contributed by atoms with E-state index in [4.69, 9.17) is 14.2 Å². The van der Waals surface area contributed by atoms with Crippen molar-refractivity contribution in [1.82, 2.24) is 16.0 Å². The Balaban J connectivity index is 4.91. The van der Waals surface area contributed by atoms with E-state index in [1.165, 1.54) is 6.92 Å². The molecule has 0 bridgehead atoms. The lowest BCUT2D eigenvalue weighted by atomic mass is 10.1. The SMILES string of the molecule is C=C(C)C(=O)OCCNC(=O)[C@@H](CC)NC(=O)CC[C@H](NC(=O)OC(C)(C)C)C(=O)OC(C)(C)C. The summed E-state index contributed by atoms with van der Waals surface area (Å²) in [6.07, 6.45) is -0.712. The minimum atomic E-state index is -1.12. The molecule has 11 heteroatoms. The predicted octanol–water partition coefficient (Wildman–Crippen LogP) is 2.13. The first kappa shape index (κ1) is 31.9. The topological polar surface area (TPSA) is 149 Å². The van der Waals surface area contributed by atoms with Crippen LogP contribution < -0.4 is 16.0 Å². The highest BCUT2D eigenvalue weighted by Gasteiger charge is 2.29. The van der Waals surface area contributed by atoms with Gasteiger partial charge in [0.15, 0.2) is 0 Å². The van der Waals surface area contributed by atoms with Gasteiger partial charge in [-0.2, -0.15) is 0 Å². The maximum absolute atomic E-state index is 12.6. The second kappa shape index (κ2) is 14.3. The van der Waals surface area contributed by atoms with Crippen molar-refractivity contribution in [3.63, 3.8) is 0 Å². The maximum Gasteiger partial charge on any atom is 0.408 e. The zero-order valence-electron chi connectivity index (χ0n) is 22.2. The average Bonchev–Trinajstić information content (AvgIpc) is 2.69. The van der Waals surface area contributed by atoms with Crippen molar-refractivity contribution in [2.24, 2.45) is 0 Å². The Bertz CT molecular complexity index is 781. The number of ether oxygens (including phenoxy) is 3. The Labute approximate surface area is 207 Å². The summed E-state index contributed by atoms with van der Waals surface area (Å²) in [4.78, 5) is 60.9. The molecule has 3 N–H and O–H groups in total. The van der Waals surface area contributed by atoms with Gasteiger partial charge in [-0.25, -0.2) is 14.4 Å². The minimum Gasteiger partial charge on any atom is -0.460 e. The molecule has 2 atom stereocenters. The van der Waals surface area contributed by atoms with Crippen molar-refractivity contribution in [2.45, 2.75) is 97.9 Å². The van der Waals surface area contributed by atoms with Crippen LogP contribution in [0.1, 0.15) is 74.7 Å². The van der Waals surface area contributed by atoms with Crippen molar-refractivity contribution >= 4 is 29.8 Å². The number of esters is 2. The molecule has 0 aliphatic heterocycles. The fourth-order valence-electron chi connectivity index (χ4n) is 2.53. The molecule has 0 aliphatic rings. The van der Waals surface area contributed by atoms with E-state index in [0.29, 0.717) is 6.42 Å². The van der Waals surface area contributed by atoms with Crippen molar-refractivity contribution in [2.75, 3.05) is 13.2 Å². The number of nitrogens with one attached hydrogen (secondary N) is 3. The summed E-state index contributed by atoms with van der Waals surface area (Å²) in [6.45, 7) is 16.9. The normalized spacial score (nSPS) is 13.0. The summed E-state index contributed by atoms with van der Waals surface area (Å²) < 4.78 is 15.4. The van der Waals surface area contributed by atoms with Gasteiger partial charge in [0, 0.05) is 12.0 Å². The third kappa shape index (κ3) is 15.4. The fourth-order valence-corrected chi connectivity index (χ4v) is 2.53. The van der Waals surface area contributed by atoms with Gasteiger partial charge in [0.05, 0.1) is 6.54 Å². The third-order valence-corrected chi connectivity index (χ3v) is 4.09. The Hall–Kier alpha value is -3.11. The van der Waals surface area contributed by atoms with Crippen molar-refractivity contribution in [3.05, 3.63) is 12.2 Å². The van der Waals surface area contributed by atoms with Crippen molar-refractivity contribution in [3.8, 4) is 0 Å². The van der Waals surface area contributed by atoms with Gasteiger partial charge in [-0.3, -0.25) is 9.59 Å². The lowest BCUT2D eigenvalue weighted by molar-refractivity contribution is -0.157. The average molecular weight is 500 g/mol. The Kier molecular flexibility index (Phi) is 13.1. The summed E-state index contributed by atoms with van der Waals surface area (Å²) in [5.74, 6) is -2.19. The quantitative estimate of drug-likeness (QED) is 0.160. The number of carbonyl (C=O) groups excluding carboxylic acids is 5. The van der Waals surface area contributed by atoms with Crippen LogP contribution >= 0.6 is 0 Å². The second-order valence-corrected chi connectivity index (χ2v) is 10.0. The zero-order chi connectivity index (χ0) is 27.4. The lowest BCUT2D eigenvalue weighted by Crippen LogP contribution is -2.48. The third-order valence-electron chi connectivity index (χ3n) is 4.09. The largest absolute Gasteiger partial charge is 0.460 e. The van der Waals surface area contributed by atoms with E-state index in [2.05, 4.69) is 22.5 Å². The Morgan fingerprint density at radius 3 is 1.94 bits per heavy atom. The number of hydrogen-bond acceptors (Lipinski definition) is 8. The first-order valence-electron chi connectivity index (χ1n) is 11.6. The van der Waals surface area contributed by atoms with E-state index >= 15 is 0 Å². The predicted molar refractivity (Wildman–Crippen MR) is 129 cm³/mol. The highest BCUT2D eigenvalue weighted by atomic mass is 16.6. The molecule has 0 saturated carbocycles. The van der Waals surface area contributed by atoms with Crippen LogP contribution in [0.4, 0.5) is 4.79 Å². The summed E-state index contributed by atoms with van der Waals surface area (Å²) in [7, 11) is 0. The molecule has 0 heterocycles. The monoisotopic (exact) mass is 499 g/mol. The molecule has 35 heavy (non-hydrogen) atoms. The van der Waals surface area contributed by atoms with E-state index < -0.39 is 53.1 Å². The van der Waals surface area contributed by atoms with Gasteiger partial charge >= 0.3 is 18.0 Å². The Morgan fingerprint density at radius 1 is 0.886 bits per heavy atom. The van der Waals surface area contributed by atoms with E-state index in [9.17, 15) is 24.0 Å². The number of rotatable bonds is 12. The fraction of sp³-hybridized carbons (Fsp3) is 0.708. The van der Waals surface area contributed by atoms with Crippen molar-refractivity contribution in [1.29, 1.82) is 0 Å². The van der Waals surface area contributed by atoms with Crippen LogP contribution in [0.2, 0.25) is 0 Å². The van der Waals surface area contributed by atoms with E-state index in [1.807, 2.05) is 0 Å². The van der Waals surface area contributed by atoms with Gasteiger partial charge in [0.25, 0.3) is 0 Å². The van der Waals surface area contributed by atoms with Gasteiger partial charge in [-0.15, -0.1) is 0 Å². The van der Waals surface area contributed by atoms with Gasteiger partial charge in [0.1, 0.15) is 29.9 Å². The molecule has 0 saturated heterocycles. The molecule has 0 aliphatic carbocycles. The molecule has 0 spiro atoms. The molecule has 0 aromatic carbocycles. The molecule has 0 rings (SSSR count). The molecule has 3 amide bonds. The van der Waals surface area contributed by atoms with Crippen LogP contribution in [0.25, 0.3) is 0 Å². The molecular formula is C24H41N3O8. The molecular weight excluding hydrogens is 458 g/mol. The van der Waals surface area contributed by atoms with E-state index in [1.54, 1.807) is 48.5 Å². The number of hydrogen-bond donors (Lipinski definition) is 3. The first-order chi connectivity index (χ1) is 15.9. The second-order valence-electron chi connectivity index (χ2n) is 10.0. The van der Waals surface area contributed by atoms with Crippen LogP contribution in [-0.2, 0) is 33.4 Å². The van der Waals surface area contributed by atoms with E-state index in [0.717, 1.165) is 0 Å². The highest BCUT2D eigenvalue weighted by Crippen LogP contribution is 2.13. The van der Waals surface area contributed by atoms with Crippen LogP contribution in [0.15, 0.2) is 12.2 Å². The molecule has 0 aromatic heterocycles. The van der Waals surface area contributed by atoms with Gasteiger partial charge in [0.2, 0.25) is 11.8 Å². The summed E-state index contributed by atoms with van der Waals surface area (Å²) in [5.41, 5.74) is -1.32. The van der Waals surface area contributed by atoms with Gasteiger partial charge in [-0.05, 0) is 61.3 Å². The Morgan fingerprint density at radius 2 is 1.46 bits per heavy atom. The number of carbonyl (C=O) groups is 5. The maximum atomic E-state index is 12.6.